The van der Waals surface area contributed by atoms with E-state index in [2.05, 4.69) is 10.0 Å². The summed E-state index contributed by atoms with van der Waals surface area (Å²) in [7, 11) is -3.61. The molecule has 0 bridgehead atoms. The summed E-state index contributed by atoms with van der Waals surface area (Å²) in [6.07, 6.45) is 0.761. The number of amides is 1. The van der Waals surface area contributed by atoms with Gasteiger partial charge in [0.1, 0.15) is 5.75 Å². The highest BCUT2D eigenvalue weighted by Crippen LogP contribution is 2.14. The first-order valence-corrected chi connectivity index (χ1v) is 10.8. The standard InChI is InChI=1S/C21H28N2O4S/c1-16-6-4-7-19(14-16)27-13-5-11-22-21(24)10-12-23-28(25,26)20-9-8-17(2)18(3)15-20/h4,6-9,14-15,23H,5,10-13H2,1-3H3,(H,22,24). The van der Waals surface area contributed by atoms with Crippen LogP contribution in [0.25, 0.3) is 0 Å². The number of carbonyl (C=O) groups excluding carboxylic acids is 1. The fraction of sp³-hybridized carbons (Fsp3) is 0.381. The number of ether oxygens (including phenoxy) is 1. The van der Waals surface area contributed by atoms with Crippen molar-refractivity contribution in [3.05, 3.63) is 59.2 Å². The Bertz CT molecular complexity index is 910. The van der Waals surface area contributed by atoms with Crippen molar-refractivity contribution in [1.29, 1.82) is 0 Å². The summed E-state index contributed by atoms with van der Waals surface area (Å²) >= 11 is 0. The van der Waals surface area contributed by atoms with Crippen LogP contribution in [-0.4, -0.2) is 34.0 Å². The molecule has 2 aromatic rings. The van der Waals surface area contributed by atoms with Crippen molar-refractivity contribution in [2.75, 3.05) is 19.7 Å². The number of hydrogen-bond donors (Lipinski definition) is 2. The fourth-order valence-electron chi connectivity index (χ4n) is 2.55. The third-order valence-corrected chi connectivity index (χ3v) is 5.79. The highest BCUT2D eigenvalue weighted by molar-refractivity contribution is 7.89. The molecule has 2 rings (SSSR count). The van der Waals surface area contributed by atoms with Crippen molar-refractivity contribution in [2.24, 2.45) is 0 Å². The molecule has 28 heavy (non-hydrogen) atoms. The Labute approximate surface area is 167 Å². The van der Waals surface area contributed by atoms with Crippen LogP contribution in [0.15, 0.2) is 47.4 Å². The van der Waals surface area contributed by atoms with Gasteiger partial charge in [0.15, 0.2) is 0 Å². The smallest absolute Gasteiger partial charge is 0.240 e. The third kappa shape index (κ3) is 6.98. The molecule has 0 fully saturated rings. The summed E-state index contributed by atoms with van der Waals surface area (Å²) in [5, 5.41) is 2.77. The topological polar surface area (TPSA) is 84.5 Å². The molecule has 7 heteroatoms. The van der Waals surface area contributed by atoms with E-state index < -0.39 is 10.0 Å². The molecule has 2 N–H and O–H groups in total. The SMILES string of the molecule is Cc1cccc(OCCCNC(=O)CCNS(=O)(=O)c2ccc(C)c(C)c2)c1. The minimum absolute atomic E-state index is 0.0564. The second kappa shape index (κ2) is 10.2. The quantitative estimate of drug-likeness (QED) is 0.597. The van der Waals surface area contributed by atoms with Gasteiger partial charge in [-0.25, -0.2) is 13.1 Å². The molecule has 0 aromatic heterocycles. The van der Waals surface area contributed by atoms with Gasteiger partial charge in [-0.1, -0.05) is 18.2 Å². The van der Waals surface area contributed by atoms with Gasteiger partial charge >= 0.3 is 0 Å². The predicted octanol–water partition coefficient (Wildman–Crippen LogP) is 2.87. The molecule has 0 aliphatic rings. The van der Waals surface area contributed by atoms with Crippen LogP contribution in [0.1, 0.15) is 29.5 Å². The van der Waals surface area contributed by atoms with Gasteiger partial charge in [0.25, 0.3) is 0 Å². The number of sulfonamides is 1. The molecule has 0 aliphatic heterocycles. The maximum absolute atomic E-state index is 12.3. The second-order valence-corrected chi connectivity index (χ2v) is 8.53. The Hall–Kier alpha value is -2.38. The van der Waals surface area contributed by atoms with E-state index in [0.29, 0.717) is 19.6 Å². The van der Waals surface area contributed by atoms with Crippen LogP contribution in [0.5, 0.6) is 5.75 Å². The molecule has 0 heterocycles. The first kappa shape index (κ1) is 21.9. The van der Waals surface area contributed by atoms with Gasteiger partial charge in [0.2, 0.25) is 15.9 Å². The Balaban J connectivity index is 1.64. The molecule has 152 valence electrons. The zero-order valence-electron chi connectivity index (χ0n) is 16.6. The van der Waals surface area contributed by atoms with Gasteiger partial charge < -0.3 is 10.1 Å². The van der Waals surface area contributed by atoms with E-state index >= 15 is 0 Å². The molecule has 6 nitrogen and oxygen atoms in total. The van der Waals surface area contributed by atoms with Crippen LogP contribution >= 0.6 is 0 Å². The van der Waals surface area contributed by atoms with Crippen LogP contribution in [0.4, 0.5) is 0 Å². The fourth-order valence-corrected chi connectivity index (χ4v) is 3.66. The minimum Gasteiger partial charge on any atom is -0.494 e. The van der Waals surface area contributed by atoms with Crippen molar-refractivity contribution in [3.63, 3.8) is 0 Å². The maximum atomic E-state index is 12.3. The summed E-state index contributed by atoms with van der Waals surface area (Å²) in [4.78, 5) is 12.1. The Morgan fingerprint density at radius 2 is 1.79 bits per heavy atom. The number of benzene rings is 2. The van der Waals surface area contributed by atoms with Crippen molar-refractivity contribution < 1.29 is 17.9 Å². The van der Waals surface area contributed by atoms with Crippen LogP contribution in [0, 0.1) is 20.8 Å². The van der Waals surface area contributed by atoms with Crippen molar-refractivity contribution in [1.82, 2.24) is 10.0 Å². The lowest BCUT2D eigenvalue weighted by atomic mass is 10.1. The third-order valence-electron chi connectivity index (χ3n) is 4.33. The van der Waals surface area contributed by atoms with Crippen LogP contribution in [0.2, 0.25) is 0 Å². The van der Waals surface area contributed by atoms with E-state index in [1.54, 1.807) is 18.2 Å². The monoisotopic (exact) mass is 404 g/mol. The number of nitrogens with one attached hydrogen (secondary N) is 2. The van der Waals surface area contributed by atoms with Gasteiger partial charge in [0, 0.05) is 19.5 Å². The highest BCUT2D eigenvalue weighted by atomic mass is 32.2. The van der Waals surface area contributed by atoms with Gasteiger partial charge in [-0.15, -0.1) is 0 Å². The van der Waals surface area contributed by atoms with E-state index in [9.17, 15) is 13.2 Å². The maximum Gasteiger partial charge on any atom is 0.240 e. The van der Waals surface area contributed by atoms with Gasteiger partial charge in [-0.3, -0.25) is 4.79 Å². The minimum atomic E-state index is -3.61. The molecular formula is C21H28N2O4S. The molecular weight excluding hydrogens is 376 g/mol. The Kier molecular flexibility index (Phi) is 8.02. The molecule has 0 unspecified atom stereocenters. The largest absolute Gasteiger partial charge is 0.494 e. The van der Waals surface area contributed by atoms with Crippen molar-refractivity contribution in [3.8, 4) is 5.75 Å². The van der Waals surface area contributed by atoms with Gasteiger partial charge in [0.05, 0.1) is 11.5 Å². The lowest BCUT2D eigenvalue weighted by molar-refractivity contribution is -0.120. The zero-order chi connectivity index (χ0) is 20.6. The Morgan fingerprint density at radius 3 is 2.50 bits per heavy atom. The summed E-state index contributed by atoms with van der Waals surface area (Å²) in [5.41, 5.74) is 3.08. The van der Waals surface area contributed by atoms with E-state index in [-0.39, 0.29) is 23.8 Å². The lowest BCUT2D eigenvalue weighted by Crippen LogP contribution is -2.31. The second-order valence-electron chi connectivity index (χ2n) is 6.76. The molecule has 0 aliphatic carbocycles. The number of hydrogen-bond acceptors (Lipinski definition) is 4. The first-order chi connectivity index (χ1) is 13.3. The van der Waals surface area contributed by atoms with Crippen LogP contribution in [0.3, 0.4) is 0 Å². The molecule has 0 saturated carbocycles. The molecule has 0 radical (unpaired) electrons. The van der Waals surface area contributed by atoms with E-state index in [1.807, 2.05) is 45.0 Å². The van der Waals surface area contributed by atoms with Gasteiger partial charge in [-0.05, 0) is 68.1 Å². The van der Waals surface area contributed by atoms with E-state index in [4.69, 9.17) is 4.74 Å². The molecule has 1 amide bonds. The molecule has 0 atom stereocenters. The van der Waals surface area contributed by atoms with Crippen molar-refractivity contribution >= 4 is 15.9 Å². The molecule has 2 aromatic carbocycles. The van der Waals surface area contributed by atoms with Crippen LogP contribution < -0.4 is 14.8 Å². The van der Waals surface area contributed by atoms with Crippen LogP contribution in [-0.2, 0) is 14.8 Å². The first-order valence-electron chi connectivity index (χ1n) is 9.31. The predicted molar refractivity (Wildman–Crippen MR) is 110 cm³/mol. The highest BCUT2D eigenvalue weighted by Gasteiger charge is 2.14. The van der Waals surface area contributed by atoms with E-state index in [1.165, 1.54) is 0 Å². The number of rotatable bonds is 10. The molecule has 0 spiro atoms. The summed E-state index contributed by atoms with van der Waals surface area (Å²) in [6, 6.07) is 12.8. The molecule has 0 saturated heterocycles. The normalized spacial score (nSPS) is 11.2. The van der Waals surface area contributed by atoms with Gasteiger partial charge in [-0.2, -0.15) is 0 Å². The van der Waals surface area contributed by atoms with E-state index in [0.717, 1.165) is 22.4 Å². The number of aryl methyl sites for hydroxylation is 3. The summed E-state index contributed by atoms with van der Waals surface area (Å²) < 4.78 is 32.6. The van der Waals surface area contributed by atoms with Crippen molar-refractivity contribution in [2.45, 2.75) is 38.5 Å². The summed E-state index contributed by atoms with van der Waals surface area (Å²) in [6.45, 7) is 6.83. The summed E-state index contributed by atoms with van der Waals surface area (Å²) in [5.74, 6) is 0.616. The Morgan fingerprint density at radius 1 is 1.00 bits per heavy atom. The lowest BCUT2D eigenvalue weighted by Gasteiger charge is -2.10. The number of carbonyl (C=O) groups is 1. The average Bonchev–Trinajstić information content (AvgIpc) is 2.63. The average molecular weight is 405 g/mol. The zero-order valence-corrected chi connectivity index (χ0v) is 17.4.